The summed E-state index contributed by atoms with van der Waals surface area (Å²) in [4.78, 5) is 33.6. The van der Waals surface area contributed by atoms with E-state index in [1.165, 1.54) is 0 Å². The van der Waals surface area contributed by atoms with Crippen molar-refractivity contribution in [1.82, 2.24) is 14.8 Å². The molecule has 2 saturated heterocycles. The van der Waals surface area contributed by atoms with E-state index in [2.05, 4.69) is 9.88 Å². The van der Waals surface area contributed by atoms with Gasteiger partial charge in [-0.3, -0.25) is 14.6 Å². The number of nitrogens with zero attached hydrogens (tertiary/aromatic N) is 3. The number of aliphatic carboxylic acids is 1. The fourth-order valence-electron chi connectivity index (χ4n) is 4.64. The lowest BCUT2D eigenvalue weighted by atomic mass is 9.81. The molecule has 136 valence electrons. The van der Waals surface area contributed by atoms with Gasteiger partial charge in [-0.25, -0.2) is 0 Å². The van der Waals surface area contributed by atoms with Crippen LogP contribution in [0.2, 0.25) is 0 Å². The lowest BCUT2D eigenvalue weighted by Crippen LogP contribution is -2.41. The quantitative estimate of drug-likeness (QED) is 0.893. The predicted molar refractivity (Wildman–Crippen MR) is 98.2 cm³/mol. The highest BCUT2D eigenvalue weighted by Crippen LogP contribution is 2.43. The minimum absolute atomic E-state index is 0.0233. The zero-order valence-electron chi connectivity index (χ0n) is 15.3. The molecular weight excluding hydrogens is 330 g/mol. The molecule has 0 aliphatic carbocycles. The van der Waals surface area contributed by atoms with Crippen LogP contribution in [0.25, 0.3) is 10.9 Å². The number of aryl methyl sites for hydroxylation is 2. The minimum Gasteiger partial charge on any atom is -0.481 e. The first-order valence-electron chi connectivity index (χ1n) is 8.90. The Balaban J connectivity index is 1.73. The van der Waals surface area contributed by atoms with Gasteiger partial charge in [0, 0.05) is 43.2 Å². The van der Waals surface area contributed by atoms with Crippen LogP contribution in [0, 0.1) is 25.2 Å². The van der Waals surface area contributed by atoms with E-state index in [1.807, 2.05) is 45.2 Å². The lowest BCUT2D eigenvalue weighted by Gasteiger charge is -2.24. The largest absolute Gasteiger partial charge is 0.481 e. The van der Waals surface area contributed by atoms with E-state index in [1.54, 1.807) is 4.90 Å². The maximum absolute atomic E-state index is 13.3. The molecule has 2 atom stereocenters. The molecule has 1 aromatic heterocycles. The standard InChI is InChI=1S/C20H23N3O3/c1-12-5-4-6-15-16(7-13(2)21-17(12)15)18(24)23-9-14-8-22(3)10-20(14,11-23)19(25)26/h4-7,14H,8-11H2,1-3H3,(H,25,26)/t14-,20-/m0/s1. The number of pyridine rings is 1. The lowest BCUT2D eigenvalue weighted by molar-refractivity contribution is -0.148. The van der Waals surface area contributed by atoms with Crippen molar-refractivity contribution in [2.75, 3.05) is 33.2 Å². The van der Waals surface area contributed by atoms with Crippen LogP contribution >= 0.6 is 0 Å². The molecule has 3 heterocycles. The minimum atomic E-state index is -0.849. The van der Waals surface area contributed by atoms with E-state index >= 15 is 0 Å². The number of likely N-dealkylation sites (tertiary alicyclic amines) is 2. The van der Waals surface area contributed by atoms with Gasteiger partial charge in [-0.2, -0.15) is 0 Å². The molecule has 2 fully saturated rings. The Morgan fingerprint density at radius 3 is 2.69 bits per heavy atom. The zero-order valence-corrected chi connectivity index (χ0v) is 15.3. The van der Waals surface area contributed by atoms with Crippen molar-refractivity contribution in [2.24, 2.45) is 11.3 Å². The van der Waals surface area contributed by atoms with E-state index < -0.39 is 11.4 Å². The average molecular weight is 353 g/mol. The van der Waals surface area contributed by atoms with E-state index in [0.717, 1.165) is 22.2 Å². The molecule has 0 radical (unpaired) electrons. The Morgan fingerprint density at radius 1 is 1.23 bits per heavy atom. The van der Waals surface area contributed by atoms with Gasteiger partial charge in [0.2, 0.25) is 0 Å². The molecule has 2 aliphatic rings. The normalized spacial score (nSPS) is 25.7. The number of benzene rings is 1. The maximum atomic E-state index is 13.3. The number of carbonyl (C=O) groups is 2. The molecule has 6 nitrogen and oxygen atoms in total. The number of amides is 1. The molecule has 0 saturated carbocycles. The van der Waals surface area contributed by atoms with E-state index in [9.17, 15) is 14.7 Å². The number of hydrogen-bond donors (Lipinski definition) is 1. The number of hydrogen-bond acceptors (Lipinski definition) is 4. The average Bonchev–Trinajstić information content (AvgIpc) is 3.08. The third-order valence-electron chi connectivity index (χ3n) is 5.89. The Hall–Kier alpha value is -2.47. The summed E-state index contributed by atoms with van der Waals surface area (Å²) in [6, 6.07) is 7.65. The van der Waals surface area contributed by atoms with Crippen LogP contribution in [-0.2, 0) is 4.79 Å². The fraction of sp³-hybridized carbons (Fsp3) is 0.450. The predicted octanol–water partition coefficient (Wildman–Crippen LogP) is 1.94. The van der Waals surface area contributed by atoms with Crippen LogP contribution in [0.4, 0.5) is 0 Å². The molecule has 0 unspecified atom stereocenters. The summed E-state index contributed by atoms with van der Waals surface area (Å²) in [6.07, 6.45) is 0. The first kappa shape index (κ1) is 17.0. The molecule has 1 aromatic carbocycles. The van der Waals surface area contributed by atoms with Gasteiger partial charge in [-0.15, -0.1) is 0 Å². The number of carboxylic acid groups (broad SMARTS) is 1. The first-order valence-corrected chi connectivity index (χ1v) is 8.90. The number of fused-ring (bicyclic) bond motifs is 2. The first-order chi connectivity index (χ1) is 12.3. The van der Waals surface area contributed by atoms with Crippen molar-refractivity contribution in [3.05, 3.63) is 41.1 Å². The van der Waals surface area contributed by atoms with Gasteiger partial charge in [0.1, 0.15) is 5.41 Å². The molecule has 26 heavy (non-hydrogen) atoms. The Labute approximate surface area is 152 Å². The van der Waals surface area contributed by atoms with Gasteiger partial charge in [0.15, 0.2) is 0 Å². The SMILES string of the molecule is Cc1cc(C(=O)N2C[C@@H]3CN(C)C[C@]3(C(=O)O)C2)c2cccc(C)c2n1. The number of para-hydroxylation sites is 1. The van der Waals surface area contributed by atoms with Gasteiger partial charge in [0.25, 0.3) is 5.91 Å². The second kappa shape index (κ2) is 5.77. The number of carboxylic acids is 1. The molecular formula is C20H23N3O3. The van der Waals surface area contributed by atoms with E-state index in [4.69, 9.17) is 0 Å². The summed E-state index contributed by atoms with van der Waals surface area (Å²) < 4.78 is 0. The molecule has 1 N–H and O–H groups in total. The molecule has 2 aromatic rings. The van der Waals surface area contributed by atoms with Gasteiger partial charge >= 0.3 is 5.97 Å². The van der Waals surface area contributed by atoms with Crippen LogP contribution in [0.1, 0.15) is 21.6 Å². The van der Waals surface area contributed by atoms with Crippen molar-refractivity contribution in [3.8, 4) is 0 Å². The summed E-state index contributed by atoms with van der Waals surface area (Å²) in [5.41, 5.74) is 2.43. The van der Waals surface area contributed by atoms with Gasteiger partial charge < -0.3 is 14.9 Å². The molecule has 0 spiro atoms. The van der Waals surface area contributed by atoms with Crippen LogP contribution in [0.3, 0.4) is 0 Å². The third kappa shape index (κ3) is 2.40. The van der Waals surface area contributed by atoms with E-state index in [-0.39, 0.29) is 18.4 Å². The monoisotopic (exact) mass is 353 g/mol. The van der Waals surface area contributed by atoms with Crippen molar-refractivity contribution in [1.29, 1.82) is 0 Å². The highest BCUT2D eigenvalue weighted by Gasteiger charge is 2.57. The van der Waals surface area contributed by atoms with Crippen molar-refractivity contribution in [3.63, 3.8) is 0 Å². The fourth-order valence-corrected chi connectivity index (χ4v) is 4.64. The second-order valence-corrected chi connectivity index (χ2v) is 7.82. The highest BCUT2D eigenvalue weighted by atomic mass is 16.4. The van der Waals surface area contributed by atoms with Crippen molar-refractivity contribution < 1.29 is 14.7 Å². The Morgan fingerprint density at radius 2 is 2.00 bits per heavy atom. The zero-order chi connectivity index (χ0) is 18.6. The molecule has 0 bridgehead atoms. The summed E-state index contributed by atoms with van der Waals surface area (Å²) in [6.45, 7) is 5.83. The third-order valence-corrected chi connectivity index (χ3v) is 5.89. The molecule has 2 aliphatic heterocycles. The number of rotatable bonds is 2. The number of carbonyl (C=O) groups excluding carboxylic acids is 1. The van der Waals surface area contributed by atoms with E-state index in [0.29, 0.717) is 25.2 Å². The van der Waals surface area contributed by atoms with Crippen LogP contribution in [-0.4, -0.2) is 65.0 Å². The van der Waals surface area contributed by atoms with Gasteiger partial charge in [0.05, 0.1) is 11.1 Å². The Bertz CT molecular complexity index is 926. The summed E-state index contributed by atoms with van der Waals surface area (Å²) in [7, 11) is 1.94. The molecule has 4 rings (SSSR count). The van der Waals surface area contributed by atoms with Crippen LogP contribution in [0.15, 0.2) is 24.3 Å². The van der Waals surface area contributed by atoms with Crippen molar-refractivity contribution in [2.45, 2.75) is 13.8 Å². The highest BCUT2D eigenvalue weighted by molar-refractivity contribution is 6.07. The van der Waals surface area contributed by atoms with Crippen LogP contribution in [0.5, 0.6) is 0 Å². The Kier molecular flexibility index (Phi) is 3.77. The van der Waals surface area contributed by atoms with Crippen LogP contribution < -0.4 is 0 Å². The smallest absolute Gasteiger partial charge is 0.313 e. The molecule has 6 heteroatoms. The molecule has 1 amide bonds. The topological polar surface area (TPSA) is 73.7 Å². The second-order valence-electron chi connectivity index (χ2n) is 7.82. The summed E-state index contributed by atoms with van der Waals surface area (Å²) in [5.74, 6) is -0.914. The maximum Gasteiger partial charge on any atom is 0.313 e. The van der Waals surface area contributed by atoms with Gasteiger partial charge in [-0.1, -0.05) is 18.2 Å². The number of aromatic nitrogens is 1. The van der Waals surface area contributed by atoms with Gasteiger partial charge in [-0.05, 0) is 32.5 Å². The summed E-state index contributed by atoms with van der Waals surface area (Å²) in [5, 5.41) is 10.7. The summed E-state index contributed by atoms with van der Waals surface area (Å²) >= 11 is 0. The van der Waals surface area contributed by atoms with Crippen molar-refractivity contribution >= 4 is 22.8 Å².